The van der Waals surface area contributed by atoms with Crippen LogP contribution in [0.15, 0.2) is 53.1 Å². The lowest BCUT2D eigenvalue weighted by Gasteiger charge is -2.27. The van der Waals surface area contributed by atoms with Crippen molar-refractivity contribution in [1.29, 1.82) is 0 Å². The van der Waals surface area contributed by atoms with Crippen LogP contribution in [-0.4, -0.2) is 41.7 Å². The summed E-state index contributed by atoms with van der Waals surface area (Å²) in [4.78, 5) is 26.9. The molecule has 168 valence electrons. The Labute approximate surface area is 195 Å². The number of ether oxygens (including phenoxy) is 1. The lowest BCUT2D eigenvalue weighted by Crippen LogP contribution is -2.56. The summed E-state index contributed by atoms with van der Waals surface area (Å²) < 4.78 is 7.76. The van der Waals surface area contributed by atoms with Gasteiger partial charge in [0.15, 0.2) is 6.20 Å². The van der Waals surface area contributed by atoms with E-state index in [1.54, 1.807) is 0 Å². The van der Waals surface area contributed by atoms with Crippen molar-refractivity contribution < 1.29 is 19.0 Å². The van der Waals surface area contributed by atoms with Gasteiger partial charge in [-0.25, -0.2) is 4.79 Å². The fourth-order valence-electron chi connectivity index (χ4n) is 4.26. The third-order valence-electron chi connectivity index (χ3n) is 5.98. The highest BCUT2D eigenvalue weighted by Crippen LogP contribution is 2.27. The third kappa shape index (κ3) is 4.50. The normalized spacial score (nSPS) is 17.0. The van der Waals surface area contributed by atoms with Gasteiger partial charge in [0, 0.05) is 29.1 Å². The van der Waals surface area contributed by atoms with E-state index in [2.05, 4.69) is 56.7 Å². The van der Waals surface area contributed by atoms with Gasteiger partial charge in [-0.05, 0) is 41.3 Å². The first-order chi connectivity index (χ1) is 15.4. The molecule has 1 aromatic heterocycles. The van der Waals surface area contributed by atoms with Crippen molar-refractivity contribution in [2.24, 2.45) is 5.92 Å². The number of halogens is 1. The van der Waals surface area contributed by atoms with Crippen LogP contribution in [0.3, 0.4) is 0 Å². The van der Waals surface area contributed by atoms with E-state index < -0.39 is 12.1 Å². The number of hydrogen-bond acceptors (Lipinski definition) is 3. The zero-order valence-electron chi connectivity index (χ0n) is 18.5. The monoisotopic (exact) mass is 499 g/mol. The third-order valence-corrected chi connectivity index (χ3v) is 6.47. The molecule has 0 saturated carbocycles. The first-order valence-corrected chi connectivity index (χ1v) is 11.6. The number of carbonyl (C=O) groups excluding carboxylic acids is 2. The maximum absolute atomic E-state index is 13.3. The maximum atomic E-state index is 13.3. The molecule has 1 aliphatic heterocycles. The second-order valence-electron chi connectivity index (χ2n) is 8.47. The SMILES string of the molecule is COC(=O)N[C@H](C(=O)N1CCC[C@H]1[n+]1ccc(-c2ccc3cc(Br)ccc3c2)[nH]1)C(C)C. The highest BCUT2D eigenvalue weighted by molar-refractivity contribution is 9.10. The van der Waals surface area contributed by atoms with Crippen LogP contribution in [0.1, 0.15) is 32.9 Å². The van der Waals surface area contributed by atoms with E-state index in [0.29, 0.717) is 6.54 Å². The van der Waals surface area contributed by atoms with Gasteiger partial charge in [0.1, 0.15) is 11.7 Å². The Bertz CT molecular complexity index is 1140. The van der Waals surface area contributed by atoms with E-state index in [9.17, 15) is 9.59 Å². The number of H-pyrrole nitrogens is 1. The zero-order chi connectivity index (χ0) is 22.8. The minimum atomic E-state index is -0.627. The molecule has 7 nitrogen and oxygen atoms in total. The molecular formula is C24H28BrN4O3+. The van der Waals surface area contributed by atoms with Crippen LogP contribution >= 0.6 is 15.9 Å². The topological polar surface area (TPSA) is 78.3 Å². The largest absolute Gasteiger partial charge is 0.453 e. The molecule has 1 fully saturated rings. The summed E-state index contributed by atoms with van der Waals surface area (Å²) in [6, 6.07) is 14.0. The molecule has 0 spiro atoms. The fraction of sp³-hybridized carbons (Fsp3) is 0.375. The first-order valence-electron chi connectivity index (χ1n) is 10.8. The molecule has 1 saturated heterocycles. The van der Waals surface area contributed by atoms with E-state index in [1.807, 2.05) is 41.8 Å². The van der Waals surface area contributed by atoms with Crippen molar-refractivity contribution in [2.45, 2.75) is 38.9 Å². The van der Waals surface area contributed by atoms with Crippen LogP contribution in [0.25, 0.3) is 22.0 Å². The first kappa shape index (κ1) is 22.3. The molecule has 3 aromatic rings. The number of nitrogens with one attached hydrogen (secondary N) is 2. The number of aromatic amines is 1. The smallest absolute Gasteiger partial charge is 0.407 e. The highest BCUT2D eigenvalue weighted by atomic mass is 79.9. The Hall–Kier alpha value is -2.87. The Morgan fingerprint density at radius 3 is 2.69 bits per heavy atom. The molecular weight excluding hydrogens is 472 g/mol. The van der Waals surface area contributed by atoms with Gasteiger partial charge in [0.25, 0.3) is 12.1 Å². The number of rotatable bonds is 5. The average molecular weight is 500 g/mol. The number of amides is 2. The van der Waals surface area contributed by atoms with Crippen molar-refractivity contribution in [3.8, 4) is 11.3 Å². The maximum Gasteiger partial charge on any atom is 0.407 e. The number of aromatic nitrogens is 2. The molecule has 1 aliphatic rings. The summed E-state index contributed by atoms with van der Waals surface area (Å²) in [7, 11) is 1.30. The van der Waals surface area contributed by atoms with E-state index in [0.717, 1.165) is 34.0 Å². The number of benzene rings is 2. The second-order valence-corrected chi connectivity index (χ2v) is 9.38. The molecule has 0 unspecified atom stereocenters. The number of alkyl carbamates (subject to hydrolysis) is 1. The summed E-state index contributed by atoms with van der Waals surface area (Å²) in [6.07, 6.45) is 3.03. The quantitative estimate of drug-likeness (QED) is 0.511. The van der Waals surface area contributed by atoms with Crippen LogP contribution in [0.5, 0.6) is 0 Å². The van der Waals surface area contributed by atoms with Crippen LogP contribution in [0, 0.1) is 5.92 Å². The Kier molecular flexibility index (Phi) is 6.50. The van der Waals surface area contributed by atoms with Gasteiger partial charge in [-0.3, -0.25) is 9.69 Å². The number of nitrogens with zero attached hydrogens (tertiary/aromatic N) is 2. The summed E-state index contributed by atoms with van der Waals surface area (Å²) in [5.41, 5.74) is 2.07. The van der Waals surface area contributed by atoms with Gasteiger partial charge in [0.05, 0.1) is 7.11 Å². The minimum absolute atomic E-state index is 0.0512. The zero-order valence-corrected chi connectivity index (χ0v) is 20.1. The number of likely N-dealkylation sites (tertiary alicyclic amines) is 1. The summed E-state index contributed by atoms with van der Waals surface area (Å²) in [5, 5.41) is 8.48. The van der Waals surface area contributed by atoms with Crippen LogP contribution in [0.2, 0.25) is 0 Å². The Morgan fingerprint density at radius 1 is 1.19 bits per heavy atom. The van der Waals surface area contributed by atoms with Crippen molar-refractivity contribution in [1.82, 2.24) is 15.3 Å². The van der Waals surface area contributed by atoms with Gasteiger partial charge < -0.3 is 10.1 Å². The number of methoxy groups -OCH3 is 1. The van der Waals surface area contributed by atoms with Gasteiger partial charge in [-0.1, -0.05) is 52.7 Å². The number of fused-ring (bicyclic) bond motifs is 1. The highest BCUT2D eigenvalue weighted by Gasteiger charge is 2.40. The van der Waals surface area contributed by atoms with E-state index >= 15 is 0 Å². The van der Waals surface area contributed by atoms with E-state index in [4.69, 9.17) is 4.74 Å². The van der Waals surface area contributed by atoms with Crippen LogP contribution in [-0.2, 0) is 9.53 Å². The van der Waals surface area contributed by atoms with Crippen molar-refractivity contribution in [2.75, 3.05) is 13.7 Å². The summed E-state index contributed by atoms with van der Waals surface area (Å²) >= 11 is 3.52. The lowest BCUT2D eigenvalue weighted by molar-refractivity contribution is -0.786. The van der Waals surface area contributed by atoms with Crippen LogP contribution in [0.4, 0.5) is 4.79 Å². The van der Waals surface area contributed by atoms with Gasteiger partial charge >= 0.3 is 6.09 Å². The number of hydrogen-bond donors (Lipinski definition) is 2. The molecule has 4 rings (SSSR count). The molecule has 2 amide bonds. The molecule has 0 aliphatic carbocycles. The minimum Gasteiger partial charge on any atom is -0.453 e. The Morgan fingerprint density at radius 2 is 1.94 bits per heavy atom. The molecule has 8 heteroatoms. The van der Waals surface area contributed by atoms with Crippen LogP contribution < -0.4 is 10.00 Å². The molecule has 2 aromatic carbocycles. The summed E-state index contributed by atoms with van der Waals surface area (Å²) in [5.74, 6) is -0.141. The fourth-order valence-corrected chi connectivity index (χ4v) is 4.64. The van der Waals surface area contributed by atoms with Crippen molar-refractivity contribution in [3.05, 3.63) is 53.1 Å². The van der Waals surface area contributed by atoms with Gasteiger partial charge in [-0.2, -0.15) is 5.10 Å². The van der Waals surface area contributed by atoms with E-state index in [-0.39, 0.29) is 18.0 Å². The molecule has 0 radical (unpaired) electrons. The molecule has 2 atom stereocenters. The Balaban J connectivity index is 1.57. The molecule has 0 bridgehead atoms. The predicted molar refractivity (Wildman–Crippen MR) is 126 cm³/mol. The standard InChI is InChI=1S/C24H27BrN4O3/c1-15(2)22(26-24(31)32-3)23(30)28-11-4-5-21(28)29-12-10-20(27-29)18-7-6-17-14-19(25)9-8-16(17)13-18/h6-10,12-15,21-22H,4-5,11H2,1-3H3,(H,26,31)/p+1/t21-,22+/m1/s1. The second kappa shape index (κ2) is 9.32. The lowest BCUT2D eigenvalue weighted by atomic mass is 10.0. The average Bonchev–Trinajstić information content (AvgIpc) is 3.45. The van der Waals surface area contributed by atoms with E-state index in [1.165, 1.54) is 12.5 Å². The van der Waals surface area contributed by atoms with Crippen molar-refractivity contribution >= 4 is 38.7 Å². The predicted octanol–water partition coefficient (Wildman–Crippen LogP) is 4.39. The summed E-state index contributed by atoms with van der Waals surface area (Å²) in [6.45, 7) is 4.49. The number of carbonyl (C=O) groups is 2. The van der Waals surface area contributed by atoms with Gasteiger partial charge in [0.2, 0.25) is 0 Å². The molecule has 32 heavy (non-hydrogen) atoms. The molecule has 2 heterocycles. The van der Waals surface area contributed by atoms with Gasteiger partial charge in [-0.15, -0.1) is 0 Å². The van der Waals surface area contributed by atoms with Crippen molar-refractivity contribution in [3.63, 3.8) is 0 Å². The molecule has 2 N–H and O–H groups in total.